The molecular weight excluding hydrogens is 286 g/mol. The number of benzene rings is 1. The van der Waals surface area contributed by atoms with Gasteiger partial charge < -0.3 is 19.5 Å². The molecule has 6 heteroatoms. The smallest absolute Gasteiger partial charge is 0.323 e. The molecule has 1 aromatic carbocycles. The van der Waals surface area contributed by atoms with E-state index >= 15 is 0 Å². The summed E-state index contributed by atoms with van der Waals surface area (Å²) in [6.45, 7) is 2.22. The van der Waals surface area contributed by atoms with Gasteiger partial charge in [-0.25, -0.2) is 0 Å². The number of carbonyl (C=O) groups is 2. The van der Waals surface area contributed by atoms with Crippen molar-refractivity contribution in [1.29, 1.82) is 0 Å². The first-order chi connectivity index (χ1) is 10.5. The topological polar surface area (TPSA) is 76.1 Å². The van der Waals surface area contributed by atoms with Gasteiger partial charge in [0.2, 0.25) is 5.91 Å². The molecule has 0 saturated carbocycles. The lowest BCUT2D eigenvalue weighted by Gasteiger charge is -2.22. The molecule has 0 radical (unpaired) electrons. The van der Waals surface area contributed by atoms with Crippen molar-refractivity contribution in [2.45, 2.75) is 19.3 Å². The lowest BCUT2D eigenvalue weighted by molar-refractivity contribution is -0.145. The van der Waals surface area contributed by atoms with Crippen molar-refractivity contribution < 1.29 is 24.2 Å². The zero-order valence-corrected chi connectivity index (χ0v) is 13.2. The van der Waals surface area contributed by atoms with Gasteiger partial charge >= 0.3 is 5.97 Å². The Hall–Kier alpha value is -2.08. The molecular formula is C16H23NO5. The quantitative estimate of drug-likeness (QED) is 0.752. The Morgan fingerprint density at radius 1 is 1.23 bits per heavy atom. The summed E-state index contributed by atoms with van der Waals surface area (Å²) in [5.41, 5.74) is 1.01. The molecule has 1 N–H and O–H groups in total. The monoisotopic (exact) mass is 309 g/mol. The van der Waals surface area contributed by atoms with E-state index in [0.717, 1.165) is 11.3 Å². The highest BCUT2D eigenvalue weighted by molar-refractivity contribution is 5.81. The van der Waals surface area contributed by atoms with Gasteiger partial charge in [-0.2, -0.15) is 0 Å². The number of carboxylic acid groups (broad SMARTS) is 1. The summed E-state index contributed by atoms with van der Waals surface area (Å²) in [7, 11) is 3.12. The molecule has 1 amide bonds. The van der Waals surface area contributed by atoms with Gasteiger partial charge in [-0.3, -0.25) is 9.59 Å². The van der Waals surface area contributed by atoms with Gasteiger partial charge in [-0.15, -0.1) is 0 Å². The van der Waals surface area contributed by atoms with Crippen LogP contribution in [0.2, 0.25) is 0 Å². The predicted octanol–water partition coefficient (Wildman–Crippen LogP) is 1.75. The van der Waals surface area contributed by atoms with Gasteiger partial charge in [0.05, 0.1) is 13.7 Å². The predicted molar refractivity (Wildman–Crippen MR) is 82.1 cm³/mol. The molecule has 0 aliphatic rings. The standard InChI is InChI=1S/C16H23NO5/c1-12(13-4-6-14(22-3)7-5-13)10-15(18)17(8-9-21-2)11-16(19)20/h4-7,12H,8-11H2,1-3H3,(H,19,20). The third-order valence-corrected chi connectivity index (χ3v) is 3.41. The Balaban J connectivity index is 2.67. The molecule has 0 spiro atoms. The van der Waals surface area contributed by atoms with Crippen LogP contribution in [0.5, 0.6) is 5.75 Å². The first kappa shape index (κ1) is 18.0. The van der Waals surface area contributed by atoms with Gasteiger partial charge in [0.15, 0.2) is 0 Å². The minimum absolute atomic E-state index is 0.00255. The number of nitrogens with zero attached hydrogens (tertiary/aromatic N) is 1. The lowest BCUT2D eigenvalue weighted by Crippen LogP contribution is -2.38. The molecule has 0 aliphatic heterocycles. The number of carbonyl (C=O) groups excluding carboxylic acids is 1. The second-order valence-electron chi connectivity index (χ2n) is 5.08. The van der Waals surface area contributed by atoms with Crippen LogP contribution in [0.1, 0.15) is 24.8 Å². The molecule has 1 rings (SSSR count). The van der Waals surface area contributed by atoms with Crippen LogP contribution >= 0.6 is 0 Å². The average Bonchev–Trinajstić information content (AvgIpc) is 2.50. The molecule has 0 bridgehead atoms. The molecule has 1 aromatic rings. The minimum atomic E-state index is -1.03. The van der Waals surface area contributed by atoms with Crippen LogP contribution in [-0.4, -0.2) is 55.8 Å². The minimum Gasteiger partial charge on any atom is -0.497 e. The number of amides is 1. The highest BCUT2D eigenvalue weighted by Crippen LogP contribution is 2.22. The van der Waals surface area contributed by atoms with E-state index in [1.807, 2.05) is 31.2 Å². The zero-order valence-electron chi connectivity index (χ0n) is 13.2. The van der Waals surface area contributed by atoms with Crippen LogP contribution in [0.3, 0.4) is 0 Å². The number of methoxy groups -OCH3 is 2. The van der Waals surface area contributed by atoms with E-state index in [1.54, 1.807) is 7.11 Å². The van der Waals surface area contributed by atoms with Crippen LogP contribution in [0, 0.1) is 0 Å². The molecule has 6 nitrogen and oxygen atoms in total. The van der Waals surface area contributed by atoms with Crippen molar-refractivity contribution in [2.24, 2.45) is 0 Å². The maximum Gasteiger partial charge on any atom is 0.323 e. The summed E-state index contributed by atoms with van der Waals surface area (Å²) in [6.07, 6.45) is 0.253. The highest BCUT2D eigenvalue weighted by Gasteiger charge is 2.19. The Kier molecular flexibility index (Phi) is 7.39. The summed E-state index contributed by atoms with van der Waals surface area (Å²) in [6, 6.07) is 7.51. The third-order valence-electron chi connectivity index (χ3n) is 3.41. The molecule has 122 valence electrons. The van der Waals surface area contributed by atoms with Crippen molar-refractivity contribution in [2.75, 3.05) is 33.9 Å². The molecule has 0 aliphatic carbocycles. The Morgan fingerprint density at radius 2 is 1.86 bits per heavy atom. The van der Waals surface area contributed by atoms with E-state index in [1.165, 1.54) is 12.0 Å². The Morgan fingerprint density at radius 3 is 2.36 bits per heavy atom. The fourth-order valence-electron chi connectivity index (χ4n) is 2.10. The molecule has 1 atom stereocenters. The molecule has 1 unspecified atom stereocenters. The molecule has 0 fully saturated rings. The van der Waals surface area contributed by atoms with Crippen molar-refractivity contribution in [3.8, 4) is 5.75 Å². The molecule has 0 heterocycles. The molecule has 22 heavy (non-hydrogen) atoms. The SMILES string of the molecule is COCCN(CC(=O)O)C(=O)CC(C)c1ccc(OC)cc1. The number of aliphatic carboxylic acids is 1. The summed E-state index contributed by atoms with van der Waals surface area (Å²) in [5.74, 6) is -0.462. The van der Waals surface area contributed by atoms with Gasteiger partial charge in [0, 0.05) is 20.1 Å². The Bertz CT molecular complexity index is 486. The summed E-state index contributed by atoms with van der Waals surface area (Å²) in [5, 5.41) is 8.89. The fourth-order valence-corrected chi connectivity index (χ4v) is 2.10. The van der Waals surface area contributed by atoms with E-state index in [0.29, 0.717) is 6.61 Å². The van der Waals surface area contributed by atoms with Crippen LogP contribution in [0.25, 0.3) is 0 Å². The summed E-state index contributed by atoms with van der Waals surface area (Å²) >= 11 is 0. The van der Waals surface area contributed by atoms with E-state index in [9.17, 15) is 9.59 Å². The van der Waals surface area contributed by atoms with Crippen molar-refractivity contribution in [1.82, 2.24) is 4.90 Å². The van der Waals surface area contributed by atoms with Crippen molar-refractivity contribution >= 4 is 11.9 Å². The van der Waals surface area contributed by atoms with Crippen LogP contribution in [-0.2, 0) is 14.3 Å². The van der Waals surface area contributed by atoms with Crippen LogP contribution in [0.4, 0.5) is 0 Å². The maximum absolute atomic E-state index is 12.3. The number of ether oxygens (including phenoxy) is 2. The largest absolute Gasteiger partial charge is 0.497 e. The van der Waals surface area contributed by atoms with Gasteiger partial charge in [0.25, 0.3) is 0 Å². The second kappa shape index (κ2) is 9.04. The number of carboxylic acids is 1. The molecule has 0 aromatic heterocycles. The van der Waals surface area contributed by atoms with Crippen molar-refractivity contribution in [3.63, 3.8) is 0 Å². The average molecular weight is 309 g/mol. The number of hydrogen-bond acceptors (Lipinski definition) is 4. The van der Waals surface area contributed by atoms with Crippen molar-refractivity contribution in [3.05, 3.63) is 29.8 Å². The van der Waals surface area contributed by atoms with E-state index < -0.39 is 5.97 Å². The number of rotatable bonds is 9. The van der Waals surface area contributed by atoms with Gasteiger partial charge in [-0.1, -0.05) is 19.1 Å². The highest BCUT2D eigenvalue weighted by atomic mass is 16.5. The van der Waals surface area contributed by atoms with E-state index in [4.69, 9.17) is 14.6 Å². The summed E-state index contributed by atoms with van der Waals surface area (Å²) in [4.78, 5) is 24.4. The summed E-state index contributed by atoms with van der Waals surface area (Å²) < 4.78 is 10.0. The van der Waals surface area contributed by atoms with E-state index in [-0.39, 0.29) is 31.3 Å². The molecule has 0 saturated heterocycles. The first-order valence-corrected chi connectivity index (χ1v) is 7.10. The van der Waals surface area contributed by atoms with Crippen LogP contribution < -0.4 is 4.74 Å². The first-order valence-electron chi connectivity index (χ1n) is 7.10. The van der Waals surface area contributed by atoms with Crippen LogP contribution in [0.15, 0.2) is 24.3 Å². The number of hydrogen-bond donors (Lipinski definition) is 1. The van der Waals surface area contributed by atoms with Gasteiger partial charge in [0.1, 0.15) is 12.3 Å². The van der Waals surface area contributed by atoms with E-state index in [2.05, 4.69) is 0 Å². The zero-order chi connectivity index (χ0) is 16.5. The lowest BCUT2D eigenvalue weighted by atomic mass is 9.97. The normalized spacial score (nSPS) is 11.8. The maximum atomic E-state index is 12.3. The third kappa shape index (κ3) is 5.73. The fraction of sp³-hybridized carbons (Fsp3) is 0.500. The van der Waals surface area contributed by atoms with Gasteiger partial charge in [-0.05, 0) is 23.6 Å². The second-order valence-corrected chi connectivity index (χ2v) is 5.08. The Labute approximate surface area is 130 Å².